The van der Waals surface area contributed by atoms with E-state index in [1.54, 1.807) is 0 Å². The van der Waals surface area contributed by atoms with Gasteiger partial charge in [0, 0.05) is 33.2 Å². The standard InChI is InChI=1S/C93H62N4/c1-3-20-63(21-4-1)69-24-11-27-72(54-69)75-30-14-32-77(57-75)74-29-13-26-71(56-74)67-48-46-65(47-49-67)66-50-52-68(53-51-66)91-94-92(96-93(95-91)85-40-18-37-82(61-85)83-38-19-41-86(62-83)97-89-44-9-7-42-87(89)88-43-8-10-45-90(88)97)84-39-17-36-81(60-84)80-35-16-34-79(59-80)78-33-15-31-76(58-78)73-28-12-25-70(55-73)64-22-5-2-6-23-64/h1-62H. The number of rotatable bonds is 14. The van der Waals surface area contributed by atoms with Crippen LogP contribution in [0.25, 0.3) is 173 Å². The number of para-hydroxylation sites is 2. The highest BCUT2D eigenvalue weighted by molar-refractivity contribution is 6.09. The maximum Gasteiger partial charge on any atom is 0.164 e. The lowest BCUT2D eigenvalue weighted by molar-refractivity contribution is 1.07. The number of nitrogens with zero attached hydrogens (tertiary/aromatic N) is 4. The first-order valence-corrected chi connectivity index (χ1v) is 33.0. The van der Waals surface area contributed by atoms with Crippen molar-refractivity contribution in [3.05, 3.63) is 376 Å². The van der Waals surface area contributed by atoms with E-state index in [9.17, 15) is 0 Å². The van der Waals surface area contributed by atoms with Crippen molar-refractivity contribution in [3.8, 4) is 151 Å². The van der Waals surface area contributed by atoms with Gasteiger partial charge in [0.05, 0.1) is 11.0 Å². The van der Waals surface area contributed by atoms with E-state index >= 15 is 0 Å². The minimum Gasteiger partial charge on any atom is -0.309 e. The Morgan fingerprint density at radius 3 is 0.680 bits per heavy atom. The Labute approximate surface area is 565 Å². The molecule has 0 atom stereocenters. The number of hydrogen-bond donors (Lipinski definition) is 0. The van der Waals surface area contributed by atoms with Gasteiger partial charge in [0.25, 0.3) is 0 Å². The highest BCUT2D eigenvalue weighted by atomic mass is 15.0. The molecule has 15 aromatic carbocycles. The van der Waals surface area contributed by atoms with E-state index in [-0.39, 0.29) is 0 Å². The number of benzene rings is 15. The molecule has 0 aliphatic rings. The summed E-state index contributed by atoms with van der Waals surface area (Å²) in [5.41, 5.74) is 29.2. The topological polar surface area (TPSA) is 43.6 Å². The number of aromatic nitrogens is 4. The summed E-state index contributed by atoms with van der Waals surface area (Å²) in [5, 5.41) is 2.46. The molecule has 0 spiro atoms. The summed E-state index contributed by atoms with van der Waals surface area (Å²) in [6.07, 6.45) is 0. The van der Waals surface area contributed by atoms with Crippen molar-refractivity contribution in [2.45, 2.75) is 0 Å². The van der Waals surface area contributed by atoms with Gasteiger partial charge in [-0.15, -0.1) is 0 Å². The number of hydrogen-bond acceptors (Lipinski definition) is 3. The van der Waals surface area contributed by atoms with Crippen molar-refractivity contribution < 1.29 is 0 Å². The predicted octanol–water partition coefficient (Wildman–Crippen LogP) is 24.6. The van der Waals surface area contributed by atoms with Gasteiger partial charge in [-0.2, -0.15) is 0 Å². The maximum atomic E-state index is 5.35. The molecular formula is C93H62N4. The summed E-state index contributed by atoms with van der Waals surface area (Å²) >= 11 is 0. The van der Waals surface area contributed by atoms with Crippen molar-refractivity contribution in [2.75, 3.05) is 0 Å². The Hall–Kier alpha value is -12.9. The van der Waals surface area contributed by atoms with Crippen LogP contribution < -0.4 is 0 Å². The first-order valence-electron chi connectivity index (χ1n) is 33.0. The zero-order chi connectivity index (χ0) is 64.4. The monoisotopic (exact) mass is 1230 g/mol. The fraction of sp³-hybridized carbons (Fsp3) is 0. The Kier molecular flexibility index (Phi) is 15.3. The van der Waals surface area contributed by atoms with Crippen molar-refractivity contribution in [1.29, 1.82) is 0 Å². The summed E-state index contributed by atoms with van der Waals surface area (Å²) < 4.78 is 2.37. The van der Waals surface area contributed by atoms with Gasteiger partial charge in [0.2, 0.25) is 0 Å². The molecule has 0 unspecified atom stereocenters. The third kappa shape index (κ3) is 11.8. The molecule has 0 aliphatic carbocycles. The van der Waals surface area contributed by atoms with Gasteiger partial charge in [0.15, 0.2) is 17.5 Å². The van der Waals surface area contributed by atoms with E-state index < -0.39 is 0 Å². The van der Waals surface area contributed by atoms with Crippen LogP contribution in [0.4, 0.5) is 0 Å². The fourth-order valence-corrected chi connectivity index (χ4v) is 13.7. The molecule has 0 amide bonds. The molecule has 2 aromatic heterocycles. The molecule has 97 heavy (non-hydrogen) atoms. The Bertz CT molecular complexity index is 5700. The molecule has 4 nitrogen and oxygen atoms in total. The minimum absolute atomic E-state index is 0.590. The maximum absolute atomic E-state index is 5.35. The fourth-order valence-electron chi connectivity index (χ4n) is 13.7. The molecule has 0 N–H and O–H groups in total. The Balaban J connectivity index is 0.687. The lowest BCUT2D eigenvalue weighted by atomic mass is 9.94. The van der Waals surface area contributed by atoms with Gasteiger partial charge in [-0.05, 0) is 184 Å². The smallest absolute Gasteiger partial charge is 0.164 e. The van der Waals surface area contributed by atoms with Crippen LogP contribution in [0.1, 0.15) is 0 Å². The Morgan fingerprint density at radius 1 is 0.144 bits per heavy atom. The second kappa shape index (κ2) is 25.5. The quantitative estimate of drug-likeness (QED) is 0.109. The van der Waals surface area contributed by atoms with Gasteiger partial charge < -0.3 is 4.57 Å². The van der Waals surface area contributed by atoms with Gasteiger partial charge in [0.1, 0.15) is 0 Å². The molecular weight excluding hydrogens is 1170 g/mol. The molecule has 17 aromatic rings. The lowest BCUT2D eigenvalue weighted by Crippen LogP contribution is -2.00. The zero-order valence-electron chi connectivity index (χ0n) is 53.1. The van der Waals surface area contributed by atoms with Crippen LogP contribution in [0.15, 0.2) is 376 Å². The van der Waals surface area contributed by atoms with Crippen LogP contribution in [0, 0.1) is 0 Å². The van der Waals surface area contributed by atoms with E-state index in [1.807, 2.05) is 0 Å². The molecule has 2 heterocycles. The van der Waals surface area contributed by atoms with E-state index in [4.69, 9.17) is 15.0 Å². The van der Waals surface area contributed by atoms with Crippen LogP contribution >= 0.6 is 0 Å². The number of fused-ring (bicyclic) bond motifs is 3. The van der Waals surface area contributed by atoms with Crippen LogP contribution in [0.5, 0.6) is 0 Å². The highest BCUT2D eigenvalue weighted by Gasteiger charge is 2.18. The first kappa shape index (κ1) is 58.0. The van der Waals surface area contributed by atoms with E-state index in [0.717, 1.165) is 78.0 Å². The summed E-state index contributed by atoms with van der Waals surface area (Å²) in [6.45, 7) is 0. The van der Waals surface area contributed by atoms with Gasteiger partial charge in [-0.1, -0.05) is 303 Å². The van der Waals surface area contributed by atoms with Crippen LogP contribution in [-0.2, 0) is 0 Å². The normalized spacial score (nSPS) is 11.3. The lowest BCUT2D eigenvalue weighted by Gasteiger charge is -2.13. The molecule has 0 fully saturated rings. The van der Waals surface area contributed by atoms with Gasteiger partial charge in [-0.3, -0.25) is 0 Å². The zero-order valence-corrected chi connectivity index (χ0v) is 53.1. The van der Waals surface area contributed by atoms with Crippen LogP contribution in [0.2, 0.25) is 0 Å². The minimum atomic E-state index is 0.590. The SMILES string of the molecule is c1ccc(-c2cccc(-c3cccc(-c4cccc(-c5ccc(-c6ccc(-c7nc(-c8cccc(-c9cccc(-c%10cccc(-c%11cccc(-c%12ccccc%12)c%11)c%10)c9)c8)nc(-c8cccc(-c9cccc(-n%10c%11ccccc%11c%11ccccc%11%10)c9)c8)n7)cc6)cc5)c4)c3)c2)cc1. The van der Waals surface area contributed by atoms with Crippen molar-refractivity contribution in [2.24, 2.45) is 0 Å². The molecule has 0 aliphatic heterocycles. The summed E-state index contributed by atoms with van der Waals surface area (Å²) in [5.74, 6) is 1.77. The average molecular weight is 1240 g/mol. The highest BCUT2D eigenvalue weighted by Crippen LogP contribution is 2.39. The first-order chi connectivity index (χ1) is 48.0. The summed E-state index contributed by atoms with van der Waals surface area (Å²) in [6, 6.07) is 135. The molecule has 454 valence electrons. The van der Waals surface area contributed by atoms with Crippen LogP contribution in [-0.4, -0.2) is 19.5 Å². The third-order valence-corrected chi connectivity index (χ3v) is 18.6. The Morgan fingerprint density at radius 2 is 0.351 bits per heavy atom. The molecule has 0 radical (unpaired) electrons. The summed E-state index contributed by atoms with van der Waals surface area (Å²) in [7, 11) is 0. The second-order valence-electron chi connectivity index (χ2n) is 24.8. The second-order valence-corrected chi connectivity index (χ2v) is 24.8. The van der Waals surface area contributed by atoms with E-state index in [2.05, 4.69) is 381 Å². The molecule has 17 rings (SSSR count). The molecule has 0 bridgehead atoms. The van der Waals surface area contributed by atoms with Gasteiger partial charge >= 0.3 is 0 Å². The average Bonchev–Trinajstić information content (AvgIpc) is 1.61. The molecule has 0 saturated heterocycles. The third-order valence-electron chi connectivity index (χ3n) is 18.6. The molecule has 0 saturated carbocycles. The van der Waals surface area contributed by atoms with E-state index in [1.165, 1.54) is 77.4 Å². The van der Waals surface area contributed by atoms with Gasteiger partial charge in [-0.25, -0.2) is 15.0 Å². The van der Waals surface area contributed by atoms with E-state index in [0.29, 0.717) is 17.5 Å². The van der Waals surface area contributed by atoms with Crippen molar-refractivity contribution >= 4 is 21.8 Å². The largest absolute Gasteiger partial charge is 0.309 e. The van der Waals surface area contributed by atoms with Crippen molar-refractivity contribution in [1.82, 2.24) is 19.5 Å². The predicted molar refractivity (Wildman–Crippen MR) is 405 cm³/mol. The molecule has 4 heteroatoms. The van der Waals surface area contributed by atoms with Crippen molar-refractivity contribution in [3.63, 3.8) is 0 Å². The van der Waals surface area contributed by atoms with Crippen LogP contribution in [0.3, 0.4) is 0 Å². The summed E-state index contributed by atoms with van der Waals surface area (Å²) in [4.78, 5) is 16.0.